The van der Waals surface area contributed by atoms with Gasteiger partial charge in [0.2, 0.25) is 0 Å². The minimum Gasteiger partial charge on any atom is -0.393 e. The minimum absolute atomic E-state index is 0.0845. The molecule has 0 aromatic heterocycles. The fourth-order valence-electron chi connectivity index (χ4n) is 7.63. The molecule has 0 aromatic rings. The Bertz CT molecular complexity index is 472. The van der Waals surface area contributed by atoms with Gasteiger partial charge in [-0.15, -0.1) is 0 Å². The molecule has 4 aliphatic rings. The Morgan fingerprint density at radius 1 is 1.09 bits per heavy atom. The molecule has 0 saturated heterocycles. The van der Waals surface area contributed by atoms with E-state index in [4.69, 9.17) is 0 Å². The average molecular weight is 304 g/mol. The summed E-state index contributed by atoms with van der Waals surface area (Å²) >= 11 is 0. The first-order valence-corrected chi connectivity index (χ1v) is 9.61. The molecule has 0 heterocycles. The Hall–Kier alpha value is -0.370. The Balaban J connectivity index is 1.68. The lowest BCUT2D eigenvalue weighted by molar-refractivity contribution is -0.141. The van der Waals surface area contributed by atoms with Gasteiger partial charge >= 0.3 is 0 Å². The highest BCUT2D eigenvalue weighted by Crippen LogP contribution is 2.65. The van der Waals surface area contributed by atoms with E-state index >= 15 is 0 Å². The molecule has 9 atom stereocenters. The maximum atomic E-state index is 11.9. The van der Waals surface area contributed by atoms with Crippen molar-refractivity contribution in [1.29, 1.82) is 0 Å². The molecule has 0 aromatic carbocycles. The van der Waals surface area contributed by atoms with E-state index in [1.54, 1.807) is 0 Å². The molecule has 0 radical (unpaired) electrons. The number of fused-ring (bicyclic) bond motifs is 5. The summed E-state index contributed by atoms with van der Waals surface area (Å²) < 4.78 is 0. The zero-order valence-corrected chi connectivity index (χ0v) is 14.4. The van der Waals surface area contributed by atoms with Crippen LogP contribution in [0.2, 0.25) is 0 Å². The van der Waals surface area contributed by atoms with Crippen LogP contribution < -0.4 is 0 Å². The first-order valence-electron chi connectivity index (χ1n) is 9.61. The van der Waals surface area contributed by atoms with E-state index < -0.39 is 0 Å². The predicted octanol–water partition coefficient (Wildman–Crippen LogP) is 4.06. The van der Waals surface area contributed by atoms with Crippen molar-refractivity contribution in [2.24, 2.45) is 46.8 Å². The smallest absolute Gasteiger partial charge is 0.133 e. The number of hydrogen-bond acceptors (Lipinski definition) is 2. The number of carbonyl (C=O) groups is 1. The van der Waals surface area contributed by atoms with Crippen molar-refractivity contribution in [3.8, 4) is 0 Å². The van der Waals surface area contributed by atoms with E-state index in [9.17, 15) is 9.90 Å². The van der Waals surface area contributed by atoms with Crippen molar-refractivity contribution in [3.05, 3.63) is 0 Å². The highest BCUT2D eigenvalue weighted by atomic mass is 16.3. The molecular formula is C20H32O2. The SMILES string of the molecule is C[C@@H]1C[C@H]2CC(=O)CC[C@@H]2[C@@H]2[C@@H]1[C@@H]1CC[C@H](O)[C@@]1(C)C[C@@H]2C. The largest absolute Gasteiger partial charge is 0.393 e. The molecule has 0 unspecified atom stereocenters. The minimum atomic E-state index is -0.0845. The number of carbonyl (C=O) groups excluding carboxylic acids is 1. The van der Waals surface area contributed by atoms with E-state index in [2.05, 4.69) is 20.8 Å². The summed E-state index contributed by atoms with van der Waals surface area (Å²) in [6.45, 7) is 7.25. The summed E-state index contributed by atoms with van der Waals surface area (Å²) in [5.41, 5.74) is 0.159. The van der Waals surface area contributed by atoms with Crippen molar-refractivity contribution >= 4 is 5.78 Å². The molecule has 0 aliphatic heterocycles. The summed E-state index contributed by atoms with van der Waals surface area (Å²) in [6.07, 6.45) is 7.44. The van der Waals surface area contributed by atoms with Gasteiger partial charge in [0.15, 0.2) is 0 Å². The van der Waals surface area contributed by atoms with Crippen LogP contribution in [0.4, 0.5) is 0 Å². The molecule has 4 rings (SSSR count). The fourth-order valence-corrected chi connectivity index (χ4v) is 7.63. The van der Waals surface area contributed by atoms with Crippen LogP contribution in [-0.4, -0.2) is 17.0 Å². The van der Waals surface area contributed by atoms with Crippen LogP contribution in [0, 0.1) is 46.8 Å². The summed E-state index contributed by atoms with van der Waals surface area (Å²) in [4.78, 5) is 11.9. The second kappa shape index (κ2) is 5.06. The Labute approximate surface area is 135 Å². The van der Waals surface area contributed by atoms with Gasteiger partial charge < -0.3 is 5.11 Å². The van der Waals surface area contributed by atoms with Gasteiger partial charge in [0.05, 0.1) is 6.10 Å². The average Bonchev–Trinajstić information content (AvgIpc) is 2.74. The summed E-state index contributed by atoms with van der Waals surface area (Å²) in [5, 5.41) is 10.6. The molecule has 124 valence electrons. The molecule has 4 fully saturated rings. The molecule has 4 saturated carbocycles. The molecular weight excluding hydrogens is 272 g/mol. The van der Waals surface area contributed by atoms with Gasteiger partial charge in [-0.25, -0.2) is 0 Å². The lowest BCUT2D eigenvalue weighted by Crippen LogP contribution is -2.55. The number of rotatable bonds is 0. The second-order valence-electron chi connectivity index (χ2n) is 9.46. The highest BCUT2D eigenvalue weighted by Gasteiger charge is 2.60. The van der Waals surface area contributed by atoms with Crippen molar-refractivity contribution in [2.45, 2.75) is 71.8 Å². The van der Waals surface area contributed by atoms with Crippen LogP contribution in [-0.2, 0) is 4.79 Å². The molecule has 0 amide bonds. The summed E-state index contributed by atoms with van der Waals surface area (Å²) in [7, 11) is 0. The summed E-state index contributed by atoms with van der Waals surface area (Å²) in [6, 6.07) is 0. The fraction of sp³-hybridized carbons (Fsp3) is 0.950. The highest BCUT2D eigenvalue weighted by molar-refractivity contribution is 5.79. The number of ketones is 1. The van der Waals surface area contributed by atoms with Gasteiger partial charge in [0.1, 0.15) is 5.78 Å². The van der Waals surface area contributed by atoms with Crippen LogP contribution in [0.5, 0.6) is 0 Å². The lowest BCUT2D eigenvalue weighted by atomic mass is 9.45. The van der Waals surface area contributed by atoms with Crippen molar-refractivity contribution in [1.82, 2.24) is 0 Å². The number of Topliss-reactive ketones (excluding diaryl/α,β-unsaturated/α-hetero) is 1. The monoisotopic (exact) mass is 304 g/mol. The van der Waals surface area contributed by atoms with Crippen molar-refractivity contribution in [3.63, 3.8) is 0 Å². The van der Waals surface area contributed by atoms with E-state index in [1.807, 2.05) is 0 Å². The normalized spacial score (nSPS) is 57.9. The van der Waals surface area contributed by atoms with E-state index in [-0.39, 0.29) is 11.5 Å². The Morgan fingerprint density at radius 2 is 1.86 bits per heavy atom. The van der Waals surface area contributed by atoms with Gasteiger partial charge in [-0.1, -0.05) is 20.8 Å². The second-order valence-corrected chi connectivity index (χ2v) is 9.46. The first kappa shape index (κ1) is 15.2. The van der Waals surface area contributed by atoms with E-state index in [0.717, 1.165) is 55.3 Å². The topological polar surface area (TPSA) is 37.3 Å². The van der Waals surface area contributed by atoms with Crippen LogP contribution in [0.1, 0.15) is 65.7 Å². The van der Waals surface area contributed by atoms with Gasteiger partial charge in [0.25, 0.3) is 0 Å². The molecule has 0 bridgehead atoms. The van der Waals surface area contributed by atoms with Gasteiger partial charge in [-0.2, -0.15) is 0 Å². The standard InChI is InChI=1S/C20H32O2/c1-11-8-13-9-14(21)4-5-15(13)18-12(2)10-20(3)16(19(11)18)6-7-17(20)22/h11-13,15-19,22H,4-10H2,1-3H3/t11-,12+,13+,15+,16+,17+,18-,19+,20+/m1/s1. The van der Waals surface area contributed by atoms with Gasteiger partial charge in [0, 0.05) is 12.8 Å². The van der Waals surface area contributed by atoms with Gasteiger partial charge in [-0.05, 0) is 78.9 Å². The van der Waals surface area contributed by atoms with Crippen molar-refractivity contribution < 1.29 is 9.90 Å². The number of aliphatic hydroxyl groups is 1. The van der Waals surface area contributed by atoms with E-state index in [0.29, 0.717) is 17.6 Å². The Morgan fingerprint density at radius 3 is 2.64 bits per heavy atom. The number of hydrogen-bond donors (Lipinski definition) is 1. The third-order valence-electron chi connectivity index (χ3n) is 8.37. The zero-order valence-electron chi connectivity index (χ0n) is 14.4. The van der Waals surface area contributed by atoms with E-state index in [1.165, 1.54) is 19.3 Å². The van der Waals surface area contributed by atoms with Crippen LogP contribution in [0.3, 0.4) is 0 Å². The molecule has 2 heteroatoms. The van der Waals surface area contributed by atoms with Crippen molar-refractivity contribution in [2.75, 3.05) is 0 Å². The number of aliphatic hydroxyl groups excluding tert-OH is 1. The maximum absolute atomic E-state index is 11.9. The van der Waals surface area contributed by atoms with Crippen LogP contribution in [0.15, 0.2) is 0 Å². The third-order valence-corrected chi connectivity index (χ3v) is 8.37. The quantitative estimate of drug-likeness (QED) is 0.733. The predicted molar refractivity (Wildman–Crippen MR) is 87.2 cm³/mol. The molecule has 22 heavy (non-hydrogen) atoms. The summed E-state index contributed by atoms with van der Waals surface area (Å²) in [5.74, 6) is 5.73. The van der Waals surface area contributed by atoms with Crippen LogP contribution >= 0.6 is 0 Å². The lowest BCUT2D eigenvalue weighted by Gasteiger charge is -2.59. The molecule has 0 spiro atoms. The third kappa shape index (κ3) is 1.98. The maximum Gasteiger partial charge on any atom is 0.133 e. The molecule has 4 aliphatic carbocycles. The molecule has 2 nitrogen and oxygen atoms in total. The van der Waals surface area contributed by atoms with Gasteiger partial charge in [-0.3, -0.25) is 4.79 Å². The molecule has 1 N–H and O–H groups in total. The van der Waals surface area contributed by atoms with Crippen LogP contribution in [0.25, 0.3) is 0 Å². The first-order chi connectivity index (χ1) is 10.4. The Kier molecular flexibility index (Phi) is 3.49. The zero-order chi connectivity index (χ0) is 15.6.